The molecule has 0 aromatic heterocycles. The van der Waals surface area contributed by atoms with Crippen LogP contribution in [-0.2, 0) is 0 Å². The summed E-state index contributed by atoms with van der Waals surface area (Å²) in [5, 5.41) is 0. The van der Waals surface area contributed by atoms with E-state index in [1.807, 2.05) is 110 Å². The number of aliphatic imine (C=N–C) groups is 1. The SMILES string of the molecule is CN(C)c1ccc(N=C(/C=C(/c2ccccc2)N(B(F)F)c2ccccc2)c2ccccc2)cc1. The Bertz CT molecular complexity index is 1270. The molecule has 0 saturated carbocycles. The summed E-state index contributed by atoms with van der Waals surface area (Å²) in [4.78, 5) is 7.94. The number of para-hydroxylation sites is 1. The lowest BCUT2D eigenvalue weighted by Gasteiger charge is -2.26. The van der Waals surface area contributed by atoms with Crippen LogP contribution in [0.1, 0.15) is 11.1 Å². The van der Waals surface area contributed by atoms with Crippen molar-refractivity contribution in [3.05, 3.63) is 132 Å². The van der Waals surface area contributed by atoms with Gasteiger partial charge < -0.3 is 9.71 Å². The quantitative estimate of drug-likeness (QED) is 0.200. The molecule has 0 heterocycles. The Morgan fingerprint density at radius 1 is 0.657 bits per heavy atom. The molecule has 0 radical (unpaired) electrons. The first-order chi connectivity index (χ1) is 17.0. The van der Waals surface area contributed by atoms with E-state index in [-0.39, 0.29) is 0 Å². The van der Waals surface area contributed by atoms with Gasteiger partial charge in [0, 0.05) is 36.7 Å². The van der Waals surface area contributed by atoms with E-state index in [1.54, 1.807) is 30.3 Å². The third-order valence-corrected chi connectivity index (χ3v) is 5.52. The average Bonchev–Trinajstić information content (AvgIpc) is 2.89. The minimum atomic E-state index is -2.75. The van der Waals surface area contributed by atoms with Gasteiger partial charge in [-0.1, -0.05) is 78.9 Å². The standard InChI is InChI=1S/C29H26BF2N3/c1-34(2)26-20-18-25(19-21-26)33-28(23-12-6-3-7-13-23)22-29(24-14-8-4-9-15-24)35(30(31)32)27-16-10-5-11-17-27/h3-22H,1-2H3/b29-22-,33-28?. The molecule has 6 heteroatoms. The highest BCUT2D eigenvalue weighted by molar-refractivity contribution is 6.52. The molecule has 0 spiro atoms. The van der Waals surface area contributed by atoms with E-state index in [4.69, 9.17) is 4.99 Å². The molecule has 0 N–H and O–H groups in total. The molecule has 0 aliphatic carbocycles. The van der Waals surface area contributed by atoms with Crippen LogP contribution in [0.4, 0.5) is 25.7 Å². The minimum Gasteiger partial charge on any atom is -0.378 e. The van der Waals surface area contributed by atoms with Gasteiger partial charge in [-0.25, -0.2) is 4.99 Å². The highest BCUT2D eigenvalue weighted by Gasteiger charge is 2.30. The predicted molar refractivity (Wildman–Crippen MR) is 145 cm³/mol. The number of rotatable bonds is 8. The largest absolute Gasteiger partial charge is 0.678 e. The van der Waals surface area contributed by atoms with Crippen LogP contribution in [0.15, 0.2) is 126 Å². The molecule has 0 saturated heterocycles. The van der Waals surface area contributed by atoms with E-state index in [0.717, 1.165) is 21.7 Å². The van der Waals surface area contributed by atoms with Gasteiger partial charge in [0.2, 0.25) is 0 Å². The Kier molecular flexibility index (Phi) is 7.73. The van der Waals surface area contributed by atoms with Gasteiger partial charge >= 0.3 is 7.40 Å². The fourth-order valence-electron chi connectivity index (χ4n) is 3.73. The molecule has 0 unspecified atom stereocenters. The van der Waals surface area contributed by atoms with Crippen LogP contribution in [0.2, 0.25) is 0 Å². The summed E-state index contributed by atoms with van der Waals surface area (Å²) < 4.78 is 29.1. The summed E-state index contributed by atoms with van der Waals surface area (Å²) in [6.45, 7) is 0. The van der Waals surface area contributed by atoms with Crippen LogP contribution >= 0.6 is 0 Å². The Hall–Kier alpha value is -4.19. The summed E-state index contributed by atoms with van der Waals surface area (Å²) in [6, 6.07) is 35.4. The average molecular weight is 465 g/mol. The molecule has 174 valence electrons. The zero-order chi connectivity index (χ0) is 24.6. The molecule has 0 fully saturated rings. The summed E-state index contributed by atoms with van der Waals surface area (Å²) in [6.07, 6.45) is 1.74. The molecule has 4 aromatic rings. The van der Waals surface area contributed by atoms with Crippen LogP contribution < -0.4 is 9.71 Å². The lowest BCUT2D eigenvalue weighted by atomic mass is 9.99. The van der Waals surface area contributed by atoms with Gasteiger partial charge in [0.25, 0.3) is 0 Å². The van der Waals surface area contributed by atoms with Gasteiger partial charge in [-0.2, -0.15) is 0 Å². The molecule has 4 rings (SSSR count). The van der Waals surface area contributed by atoms with Gasteiger partial charge in [-0.15, -0.1) is 0 Å². The number of nitrogens with zero attached hydrogens (tertiary/aromatic N) is 3. The third kappa shape index (κ3) is 6.04. The number of anilines is 2. The summed E-state index contributed by atoms with van der Waals surface area (Å²) in [5.74, 6) is 0. The molecular weight excluding hydrogens is 439 g/mol. The first-order valence-electron chi connectivity index (χ1n) is 11.3. The second-order valence-electron chi connectivity index (χ2n) is 8.15. The first kappa shape index (κ1) is 24.0. The highest BCUT2D eigenvalue weighted by Crippen LogP contribution is 2.30. The van der Waals surface area contributed by atoms with Gasteiger partial charge in [0.1, 0.15) is 0 Å². The Morgan fingerprint density at radius 3 is 1.69 bits per heavy atom. The highest BCUT2D eigenvalue weighted by atomic mass is 19.2. The maximum absolute atomic E-state index is 14.6. The Labute approximate surface area is 205 Å². The molecule has 0 amide bonds. The topological polar surface area (TPSA) is 18.8 Å². The van der Waals surface area contributed by atoms with Crippen LogP contribution in [0.5, 0.6) is 0 Å². The van der Waals surface area contributed by atoms with Crippen molar-refractivity contribution in [3.8, 4) is 0 Å². The minimum absolute atomic E-state index is 0.360. The lowest BCUT2D eigenvalue weighted by Crippen LogP contribution is -2.32. The van der Waals surface area contributed by atoms with Crippen molar-refractivity contribution in [2.24, 2.45) is 4.99 Å². The molecule has 0 aliphatic rings. The van der Waals surface area contributed by atoms with Crippen LogP contribution in [0.25, 0.3) is 5.70 Å². The number of benzene rings is 4. The summed E-state index contributed by atoms with van der Waals surface area (Å²) in [5.41, 5.74) is 4.64. The summed E-state index contributed by atoms with van der Waals surface area (Å²) >= 11 is 0. The van der Waals surface area contributed by atoms with E-state index < -0.39 is 7.40 Å². The second-order valence-corrected chi connectivity index (χ2v) is 8.15. The van der Waals surface area contributed by atoms with E-state index in [2.05, 4.69) is 0 Å². The molecule has 4 aromatic carbocycles. The zero-order valence-corrected chi connectivity index (χ0v) is 19.7. The van der Waals surface area contributed by atoms with Crippen molar-refractivity contribution < 1.29 is 8.63 Å². The third-order valence-electron chi connectivity index (χ3n) is 5.52. The molecule has 0 aliphatic heterocycles. The molecule has 0 atom stereocenters. The molecule has 3 nitrogen and oxygen atoms in total. The first-order valence-corrected chi connectivity index (χ1v) is 11.3. The fraction of sp³-hybridized carbons (Fsp3) is 0.0690. The van der Waals surface area contributed by atoms with E-state index in [9.17, 15) is 8.63 Å². The van der Waals surface area contributed by atoms with Crippen molar-refractivity contribution in [2.75, 3.05) is 23.8 Å². The normalized spacial score (nSPS) is 11.8. The number of allylic oxidation sites excluding steroid dienone is 1. The summed E-state index contributed by atoms with van der Waals surface area (Å²) in [7, 11) is 1.20. The maximum Gasteiger partial charge on any atom is 0.678 e. The van der Waals surface area contributed by atoms with Gasteiger partial charge in [0.05, 0.1) is 11.4 Å². The number of hydrogen-bond acceptors (Lipinski definition) is 3. The monoisotopic (exact) mass is 465 g/mol. The predicted octanol–water partition coefficient (Wildman–Crippen LogP) is 7.35. The van der Waals surface area contributed by atoms with Gasteiger partial charge in [0.15, 0.2) is 0 Å². The van der Waals surface area contributed by atoms with Crippen LogP contribution in [0.3, 0.4) is 0 Å². The number of hydrogen-bond donors (Lipinski definition) is 0. The van der Waals surface area contributed by atoms with Crippen molar-refractivity contribution >= 4 is 35.9 Å². The zero-order valence-electron chi connectivity index (χ0n) is 19.7. The van der Waals surface area contributed by atoms with Crippen LogP contribution in [0, 0.1) is 0 Å². The smallest absolute Gasteiger partial charge is 0.378 e. The fourth-order valence-corrected chi connectivity index (χ4v) is 3.73. The Balaban J connectivity index is 1.91. The second kappa shape index (κ2) is 11.3. The lowest BCUT2D eigenvalue weighted by molar-refractivity contribution is 0.657. The molecule has 35 heavy (non-hydrogen) atoms. The van der Waals surface area contributed by atoms with Crippen molar-refractivity contribution in [2.45, 2.75) is 0 Å². The van der Waals surface area contributed by atoms with E-state index in [0.29, 0.717) is 22.7 Å². The number of halogens is 2. The van der Waals surface area contributed by atoms with Gasteiger partial charge in [-0.05, 0) is 48.0 Å². The molecule has 0 bridgehead atoms. The van der Waals surface area contributed by atoms with Crippen molar-refractivity contribution in [3.63, 3.8) is 0 Å². The van der Waals surface area contributed by atoms with Crippen molar-refractivity contribution in [1.29, 1.82) is 0 Å². The van der Waals surface area contributed by atoms with Crippen molar-refractivity contribution in [1.82, 2.24) is 0 Å². The maximum atomic E-state index is 14.6. The van der Waals surface area contributed by atoms with E-state index in [1.165, 1.54) is 0 Å². The molecular formula is C29H26BF2N3. The van der Waals surface area contributed by atoms with Crippen LogP contribution in [-0.4, -0.2) is 27.2 Å². The Morgan fingerprint density at radius 2 is 1.17 bits per heavy atom. The van der Waals surface area contributed by atoms with Gasteiger partial charge in [-0.3, -0.25) is 8.63 Å². The van der Waals surface area contributed by atoms with E-state index >= 15 is 0 Å².